The van der Waals surface area contributed by atoms with E-state index in [0.29, 0.717) is 12.6 Å². The predicted octanol–water partition coefficient (Wildman–Crippen LogP) is 3.56. The molecule has 0 aromatic carbocycles. The van der Waals surface area contributed by atoms with Crippen molar-refractivity contribution in [1.29, 1.82) is 0 Å². The van der Waals surface area contributed by atoms with Crippen LogP contribution in [0.5, 0.6) is 0 Å². The Morgan fingerprint density at radius 3 is 3.10 bits per heavy atom. The molecule has 1 fully saturated rings. The van der Waals surface area contributed by atoms with Crippen molar-refractivity contribution in [3.05, 3.63) is 16.6 Å². The molecule has 6 heteroatoms. The molecule has 118 valence electrons. The molecule has 2 rings (SSSR count). The van der Waals surface area contributed by atoms with E-state index in [2.05, 4.69) is 24.1 Å². The van der Waals surface area contributed by atoms with E-state index in [4.69, 9.17) is 0 Å². The third-order valence-electron chi connectivity index (χ3n) is 3.88. The normalized spacial score (nSPS) is 23.0. The Morgan fingerprint density at radius 1 is 1.62 bits per heavy atom. The number of nitrogens with zero attached hydrogens (tertiary/aromatic N) is 2. The van der Waals surface area contributed by atoms with E-state index < -0.39 is 0 Å². The molecule has 0 spiro atoms. The number of aromatic nitrogens is 1. The molecule has 1 aliphatic carbocycles. The van der Waals surface area contributed by atoms with Gasteiger partial charge in [0.2, 0.25) is 0 Å². The van der Waals surface area contributed by atoms with Crippen LogP contribution in [0.4, 0.5) is 4.79 Å². The highest BCUT2D eigenvalue weighted by molar-refractivity contribution is 7.99. The monoisotopic (exact) mass is 327 g/mol. The smallest absolute Gasteiger partial charge is 0.317 e. The number of thiazole rings is 1. The molecule has 4 nitrogen and oxygen atoms in total. The molecule has 1 aromatic rings. The minimum Gasteiger partial charge on any atom is -0.335 e. The largest absolute Gasteiger partial charge is 0.335 e. The lowest BCUT2D eigenvalue weighted by Gasteiger charge is -2.23. The van der Waals surface area contributed by atoms with E-state index in [1.807, 2.05) is 30.4 Å². The van der Waals surface area contributed by atoms with Crippen molar-refractivity contribution in [2.45, 2.75) is 50.3 Å². The van der Waals surface area contributed by atoms with Crippen LogP contribution in [0.25, 0.3) is 0 Å². The second-order valence-electron chi connectivity index (χ2n) is 5.69. The van der Waals surface area contributed by atoms with Crippen molar-refractivity contribution in [2.24, 2.45) is 0 Å². The van der Waals surface area contributed by atoms with Crippen molar-refractivity contribution >= 4 is 29.1 Å². The zero-order valence-electron chi connectivity index (χ0n) is 13.0. The van der Waals surface area contributed by atoms with E-state index in [1.165, 1.54) is 6.42 Å². The number of nitrogens with one attached hydrogen (secondary N) is 1. The molecule has 0 bridgehead atoms. The van der Waals surface area contributed by atoms with Crippen LogP contribution in [0, 0.1) is 0 Å². The molecule has 0 radical (unpaired) electrons. The van der Waals surface area contributed by atoms with Crippen LogP contribution < -0.4 is 5.32 Å². The summed E-state index contributed by atoms with van der Waals surface area (Å²) in [6, 6.07) is 0.393. The molecule has 1 N–H and O–H groups in total. The number of amides is 2. The number of carbonyl (C=O) groups is 1. The van der Waals surface area contributed by atoms with Gasteiger partial charge < -0.3 is 10.2 Å². The summed E-state index contributed by atoms with van der Waals surface area (Å²) in [7, 11) is 1.87. The van der Waals surface area contributed by atoms with E-state index in [0.717, 1.165) is 28.9 Å². The predicted molar refractivity (Wildman–Crippen MR) is 91.2 cm³/mol. The van der Waals surface area contributed by atoms with Gasteiger partial charge in [-0.15, -0.1) is 11.3 Å². The van der Waals surface area contributed by atoms with Crippen molar-refractivity contribution in [2.75, 3.05) is 19.3 Å². The SMILES string of the molecule is CCS[C@@H]1CC[C@@H](NC(=O)N(C)C[C@@H](C)c2nccs2)C1. The van der Waals surface area contributed by atoms with Crippen LogP contribution >= 0.6 is 23.1 Å². The first kappa shape index (κ1) is 16.6. The summed E-state index contributed by atoms with van der Waals surface area (Å²) in [6.45, 7) is 5.02. The van der Waals surface area contributed by atoms with Crippen LogP contribution in [-0.4, -0.2) is 46.6 Å². The fraction of sp³-hybridized carbons (Fsp3) is 0.733. The van der Waals surface area contributed by atoms with Gasteiger partial charge in [0.25, 0.3) is 0 Å². The standard InChI is InChI=1S/C15H25N3OS2/c1-4-20-13-6-5-12(9-13)17-15(19)18(3)10-11(2)14-16-7-8-21-14/h7-8,11-13H,4-6,9-10H2,1-3H3,(H,17,19)/t11-,12-,13-/m1/s1. The maximum Gasteiger partial charge on any atom is 0.317 e. The minimum atomic E-state index is 0.0468. The zero-order valence-corrected chi connectivity index (χ0v) is 14.7. The molecule has 0 unspecified atom stereocenters. The average Bonchev–Trinajstić information content (AvgIpc) is 3.10. The number of urea groups is 1. The molecule has 0 saturated heterocycles. The Morgan fingerprint density at radius 2 is 2.43 bits per heavy atom. The summed E-state index contributed by atoms with van der Waals surface area (Å²) >= 11 is 3.67. The molecule has 1 saturated carbocycles. The Kier molecular flexibility index (Phi) is 6.36. The second-order valence-corrected chi connectivity index (χ2v) is 8.19. The highest BCUT2D eigenvalue weighted by Crippen LogP contribution is 2.29. The molecule has 1 aromatic heterocycles. The van der Waals surface area contributed by atoms with Crippen molar-refractivity contribution in [3.8, 4) is 0 Å². The molecule has 2 amide bonds. The van der Waals surface area contributed by atoms with Gasteiger partial charge in [0, 0.05) is 42.4 Å². The van der Waals surface area contributed by atoms with Gasteiger partial charge in [0.1, 0.15) is 0 Å². The van der Waals surface area contributed by atoms with Gasteiger partial charge in [-0.25, -0.2) is 9.78 Å². The van der Waals surface area contributed by atoms with Crippen molar-refractivity contribution in [1.82, 2.24) is 15.2 Å². The van der Waals surface area contributed by atoms with Gasteiger partial charge in [-0.3, -0.25) is 0 Å². The molecule has 0 aliphatic heterocycles. The Bertz CT molecular complexity index is 438. The van der Waals surface area contributed by atoms with Crippen molar-refractivity contribution in [3.63, 3.8) is 0 Å². The zero-order chi connectivity index (χ0) is 15.2. The quantitative estimate of drug-likeness (QED) is 0.869. The third kappa shape index (κ3) is 4.88. The van der Waals surface area contributed by atoms with E-state index in [1.54, 1.807) is 16.2 Å². The molecular formula is C15H25N3OS2. The average molecular weight is 328 g/mol. The van der Waals surface area contributed by atoms with Crippen LogP contribution in [-0.2, 0) is 0 Å². The maximum atomic E-state index is 12.3. The van der Waals surface area contributed by atoms with Crippen LogP contribution in [0.3, 0.4) is 0 Å². The number of hydrogen-bond donors (Lipinski definition) is 1. The first-order chi connectivity index (χ1) is 10.1. The highest BCUT2D eigenvalue weighted by atomic mass is 32.2. The Hall–Kier alpha value is -0.750. The molecule has 1 aliphatic rings. The van der Waals surface area contributed by atoms with Gasteiger partial charge >= 0.3 is 6.03 Å². The summed E-state index contributed by atoms with van der Waals surface area (Å²) < 4.78 is 0. The highest BCUT2D eigenvalue weighted by Gasteiger charge is 2.27. The number of hydrogen-bond acceptors (Lipinski definition) is 4. The third-order valence-corrected chi connectivity index (χ3v) is 6.12. The van der Waals surface area contributed by atoms with Gasteiger partial charge in [-0.1, -0.05) is 13.8 Å². The van der Waals surface area contributed by atoms with Gasteiger partial charge in [-0.05, 0) is 25.0 Å². The number of thioether (sulfide) groups is 1. The first-order valence-corrected chi connectivity index (χ1v) is 9.55. The summed E-state index contributed by atoms with van der Waals surface area (Å²) in [5.41, 5.74) is 0. The lowest BCUT2D eigenvalue weighted by Crippen LogP contribution is -2.43. The second kappa shape index (κ2) is 8.03. The van der Waals surface area contributed by atoms with Gasteiger partial charge in [-0.2, -0.15) is 11.8 Å². The molecule has 3 atom stereocenters. The van der Waals surface area contributed by atoms with Crippen LogP contribution in [0.1, 0.15) is 44.0 Å². The maximum absolute atomic E-state index is 12.3. The lowest BCUT2D eigenvalue weighted by molar-refractivity contribution is 0.202. The van der Waals surface area contributed by atoms with E-state index >= 15 is 0 Å². The fourth-order valence-corrected chi connectivity index (χ4v) is 4.63. The summed E-state index contributed by atoms with van der Waals surface area (Å²) in [5, 5.41) is 6.97. The van der Waals surface area contributed by atoms with E-state index in [-0.39, 0.29) is 11.9 Å². The summed E-state index contributed by atoms with van der Waals surface area (Å²) in [5.74, 6) is 1.45. The number of carbonyl (C=O) groups excluding carboxylic acids is 1. The molecule has 1 heterocycles. The topological polar surface area (TPSA) is 45.2 Å². The summed E-state index contributed by atoms with van der Waals surface area (Å²) in [4.78, 5) is 18.4. The first-order valence-electron chi connectivity index (χ1n) is 7.62. The number of likely N-dealkylation sites (N-methyl/N-ethyl adjacent to an activating group) is 1. The van der Waals surface area contributed by atoms with Crippen molar-refractivity contribution < 1.29 is 4.79 Å². The van der Waals surface area contributed by atoms with Crippen LogP contribution in [0.15, 0.2) is 11.6 Å². The summed E-state index contributed by atoms with van der Waals surface area (Å²) in [6.07, 6.45) is 5.27. The molecule has 21 heavy (non-hydrogen) atoms. The fourth-order valence-electron chi connectivity index (χ4n) is 2.79. The van der Waals surface area contributed by atoms with Crippen LogP contribution in [0.2, 0.25) is 0 Å². The van der Waals surface area contributed by atoms with Gasteiger partial charge in [0.15, 0.2) is 0 Å². The van der Waals surface area contributed by atoms with E-state index in [9.17, 15) is 4.79 Å². The Balaban J connectivity index is 1.75. The van der Waals surface area contributed by atoms with Gasteiger partial charge in [0.05, 0.1) is 5.01 Å². The minimum absolute atomic E-state index is 0.0468. The lowest BCUT2D eigenvalue weighted by atomic mass is 10.2. The number of rotatable bonds is 6. The Labute approximate surface area is 135 Å². The molecular weight excluding hydrogens is 302 g/mol.